The summed E-state index contributed by atoms with van der Waals surface area (Å²) < 4.78 is 5.30. The Morgan fingerprint density at radius 2 is 1.63 bits per heavy atom. The van der Waals surface area contributed by atoms with Crippen molar-refractivity contribution in [3.63, 3.8) is 0 Å². The van der Waals surface area contributed by atoms with E-state index in [4.69, 9.17) is 15.5 Å². The molecule has 0 spiro atoms. The van der Waals surface area contributed by atoms with Crippen molar-refractivity contribution in [3.05, 3.63) is 88.9 Å². The Bertz CT molecular complexity index is 1520. The zero-order chi connectivity index (χ0) is 24.5. The number of rotatable bonds is 5. The highest BCUT2D eigenvalue weighted by Gasteiger charge is 2.22. The van der Waals surface area contributed by atoms with Gasteiger partial charge in [-0.2, -0.15) is 0 Å². The molecule has 0 fully saturated rings. The predicted octanol–water partition coefficient (Wildman–Crippen LogP) is 6.49. The van der Waals surface area contributed by atoms with E-state index in [0.29, 0.717) is 21.2 Å². The number of anilines is 2. The van der Waals surface area contributed by atoms with E-state index in [-0.39, 0.29) is 5.91 Å². The van der Waals surface area contributed by atoms with E-state index in [1.54, 1.807) is 19.4 Å². The van der Waals surface area contributed by atoms with E-state index in [0.717, 1.165) is 39.1 Å². The Balaban J connectivity index is 1.65. The first kappa shape index (κ1) is 22.6. The number of thiophene rings is 1. The van der Waals surface area contributed by atoms with Gasteiger partial charge in [0.2, 0.25) is 0 Å². The van der Waals surface area contributed by atoms with Crippen molar-refractivity contribution in [2.24, 2.45) is 0 Å². The summed E-state index contributed by atoms with van der Waals surface area (Å²) in [4.78, 5) is 23.4. The summed E-state index contributed by atoms with van der Waals surface area (Å²) in [5.74, 6) is 0.948. The minimum atomic E-state index is -0.303. The number of carbonyl (C=O) groups is 1. The number of methoxy groups -OCH3 is 1. The van der Waals surface area contributed by atoms with Crippen LogP contribution in [0, 0.1) is 13.8 Å². The van der Waals surface area contributed by atoms with Crippen molar-refractivity contribution < 1.29 is 9.53 Å². The number of ether oxygens (including phenoxy) is 1. The molecule has 0 aliphatic carbocycles. The Kier molecular flexibility index (Phi) is 5.93. The lowest BCUT2D eigenvalue weighted by Crippen LogP contribution is -2.12. The number of aryl methyl sites for hydroxylation is 2. The van der Waals surface area contributed by atoms with Crippen molar-refractivity contribution in [1.29, 1.82) is 0 Å². The normalized spacial score (nSPS) is 10.9. The predicted molar refractivity (Wildman–Crippen MR) is 143 cm³/mol. The maximum absolute atomic E-state index is 13.1. The smallest absolute Gasteiger partial charge is 0.269 e. The molecule has 6 nitrogen and oxygen atoms in total. The van der Waals surface area contributed by atoms with E-state index in [2.05, 4.69) is 41.5 Å². The molecule has 2 aromatic carbocycles. The molecule has 5 rings (SSSR count). The highest BCUT2D eigenvalue weighted by atomic mass is 32.1. The Labute approximate surface area is 207 Å². The fraction of sp³-hybridized carbons (Fsp3) is 0.107. The molecule has 0 radical (unpaired) electrons. The fourth-order valence-corrected chi connectivity index (χ4v) is 4.89. The number of hydrogen-bond acceptors (Lipinski definition) is 6. The van der Waals surface area contributed by atoms with Crippen LogP contribution in [0.3, 0.4) is 0 Å². The van der Waals surface area contributed by atoms with Crippen LogP contribution in [0.15, 0.2) is 72.9 Å². The monoisotopic (exact) mass is 480 g/mol. The molecule has 3 heterocycles. The molecule has 0 unspecified atom stereocenters. The number of benzene rings is 2. The summed E-state index contributed by atoms with van der Waals surface area (Å²) in [6.45, 7) is 4.00. The second kappa shape index (κ2) is 9.19. The van der Waals surface area contributed by atoms with Crippen molar-refractivity contribution >= 4 is 39.0 Å². The lowest BCUT2D eigenvalue weighted by atomic mass is 9.98. The van der Waals surface area contributed by atoms with Crippen LogP contribution in [0.4, 0.5) is 11.5 Å². The molecule has 3 aromatic heterocycles. The van der Waals surface area contributed by atoms with Gasteiger partial charge in [0.15, 0.2) is 0 Å². The summed E-state index contributed by atoms with van der Waals surface area (Å²) in [5.41, 5.74) is 12.9. The first-order valence-electron chi connectivity index (χ1n) is 11.1. The largest absolute Gasteiger partial charge is 0.497 e. The number of hydrogen-bond donors (Lipinski definition) is 2. The molecule has 35 heavy (non-hydrogen) atoms. The molecule has 1 amide bonds. The van der Waals surface area contributed by atoms with Crippen LogP contribution in [0.25, 0.3) is 32.6 Å². The first-order valence-corrected chi connectivity index (χ1v) is 11.9. The van der Waals surface area contributed by atoms with E-state index in [1.807, 2.05) is 43.3 Å². The Hall–Kier alpha value is -4.23. The van der Waals surface area contributed by atoms with Crippen molar-refractivity contribution in [2.75, 3.05) is 18.2 Å². The standard InChI is InChI=1S/C28H24N4O2S/c1-16-4-7-18(8-5-16)21-14-22(19-9-11-20(34-3)12-10-19)31-28-24(21)25(29)26(35-28)27(33)32-23-13-6-17(2)15-30-23/h4-15H,29H2,1-3H3,(H,30,32,33). The van der Waals surface area contributed by atoms with Gasteiger partial charge in [-0.3, -0.25) is 4.79 Å². The van der Waals surface area contributed by atoms with E-state index in [9.17, 15) is 4.79 Å². The Morgan fingerprint density at radius 1 is 0.943 bits per heavy atom. The van der Waals surface area contributed by atoms with Crippen LogP contribution in [0.5, 0.6) is 5.75 Å². The number of nitrogen functional groups attached to an aromatic ring is 1. The molecule has 0 saturated carbocycles. The quantitative estimate of drug-likeness (QED) is 0.300. The zero-order valence-corrected chi connectivity index (χ0v) is 20.4. The van der Waals surface area contributed by atoms with E-state index >= 15 is 0 Å². The summed E-state index contributed by atoms with van der Waals surface area (Å²) in [5, 5.41) is 3.63. The summed E-state index contributed by atoms with van der Waals surface area (Å²) in [6, 6.07) is 21.7. The summed E-state index contributed by atoms with van der Waals surface area (Å²) >= 11 is 1.28. The SMILES string of the molecule is COc1ccc(-c2cc(-c3ccc(C)cc3)c3c(N)c(C(=O)Nc4ccc(C)cn4)sc3n2)cc1. The molecule has 0 aliphatic rings. The minimum absolute atomic E-state index is 0.303. The fourth-order valence-electron chi connectivity index (χ4n) is 3.87. The third-order valence-corrected chi connectivity index (χ3v) is 6.90. The van der Waals surface area contributed by atoms with Gasteiger partial charge in [0, 0.05) is 17.1 Å². The number of pyridine rings is 2. The molecule has 174 valence electrons. The molecular weight excluding hydrogens is 456 g/mol. The molecular formula is C28H24N4O2S. The molecule has 7 heteroatoms. The van der Waals surface area contributed by atoms with Gasteiger partial charge in [-0.05, 0) is 66.9 Å². The average molecular weight is 481 g/mol. The van der Waals surface area contributed by atoms with Crippen molar-refractivity contribution in [3.8, 4) is 28.1 Å². The van der Waals surface area contributed by atoms with Crippen LogP contribution in [-0.4, -0.2) is 23.0 Å². The van der Waals surface area contributed by atoms with Crippen LogP contribution in [0.1, 0.15) is 20.8 Å². The molecule has 0 atom stereocenters. The van der Waals surface area contributed by atoms with Crippen molar-refractivity contribution in [1.82, 2.24) is 9.97 Å². The second-order valence-electron chi connectivity index (χ2n) is 8.35. The second-order valence-corrected chi connectivity index (χ2v) is 9.35. The number of fused-ring (bicyclic) bond motifs is 1. The van der Waals surface area contributed by atoms with Gasteiger partial charge in [-0.15, -0.1) is 11.3 Å². The zero-order valence-electron chi connectivity index (χ0n) is 19.6. The lowest BCUT2D eigenvalue weighted by molar-refractivity contribution is 0.103. The van der Waals surface area contributed by atoms with Crippen LogP contribution in [-0.2, 0) is 0 Å². The maximum Gasteiger partial charge on any atom is 0.269 e. The lowest BCUT2D eigenvalue weighted by Gasteiger charge is -2.10. The average Bonchev–Trinajstić information content (AvgIpc) is 3.22. The van der Waals surface area contributed by atoms with Gasteiger partial charge < -0.3 is 15.8 Å². The van der Waals surface area contributed by atoms with Crippen LogP contribution < -0.4 is 15.8 Å². The third kappa shape index (κ3) is 4.46. The Morgan fingerprint density at radius 3 is 2.29 bits per heavy atom. The number of nitrogens with two attached hydrogens (primary N) is 1. The van der Waals surface area contributed by atoms with Crippen molar-refractivity contribution in [2.45, 2.75) is 13.8 Å². The molecule has 0 bridgehead atoms. The van der Waals surface area contributed by atoms with Gasteiger partial charge >= 0.3 is 0 Å². The molecule has 5 aromatic rings. The van der Waals surface area contributed by atoms with Crippen LogP contribution in [0.2, 0.25) is 0 Å². The highest BCUT2D eigenvalue weighted by Crippen LogP contribution is 2.41. The number of aromatic nitrogens is 2. The topological polar surface area (TPSA) is 90.1 Å². The third-order valence-electron chi connectivity index (χ3n) is 5.81. The number of nitrogens with one attached hydrogen (secondary N) is 1. The maximum atomic E-state index is 13.1. The summed E-state index contributed by atoms with van der Waals surface area (Å²) in [6.07, 6.45) is 1.71. The van der Waals surface area contributed by atoms with Gasteiger partial charge in [-0.1, -0.05) is 35.9 Å². The van der Waals surface area contributed by atoms with Gasteiger partial charge in [0.25, 0.3) is 5.91 Å². The van der Waals surface area contributed by atoms with Gasteiger partial charge in [0.1, 0.15) is 21.3 Å². The number of carbonyl (C=O) groups excluding carboxylic acids is 1. The number of nitrogens with zero attached hydrogens (tertiary/aromatic N) is 2. The highest BCUT2D eigenvalue weighted by molar-refractivity contribution is 7.21. The summed E-state index contributed by atoms with van der Waals surface area (Å²) in [7, 11) is 1.64. The molecule has 0 aliphatic heterocycles. The number of amides is 1. The van der Waals surface area contributed by atoms with E-state index < -0.39 is 0 Å². The van der Waals surface area contributed by atoms with Gasteiger partial charge in [-0.25, -0.2) is 9.97 Å². The van der Waals surface area contributed by atoms with Gasteiger partial charge in [0.05, 0.1) is 18.5 Å². The molecule has 0 saturated heterocycles. The first-order chi connectivity index (χ1) is 16.9. The van der Waals surface area contributed by atoms with Crippen LogP contribution >= 0.6 is 11.3 Å². The van der Waals surface area contributed by atoms with E-state index in [1.165, 1.54) is 16.9 Å². The minimum Gasteiger partial charge on any atom is -0.497 e. The molecule has 3 N–H and O–H groups in total.